The maximum atomic E-state index is 12.9. The van der Waals surface area contributed by atoms with Crippen molar-refractivity contribution in [1.29, 1.82) is 0 Å². The first kappa shape index (κ1) is 23.6. The minimum atomic E-state index is -1.14. The van der Waals surface area contributed by atoms with Gasteiger partial charge in [0.1, 0.15) is 5.76 Å². The average Bonchev–Trinajstić information content (AvgIpc) is 3.25. The fraction of sp³-hybridized carbons (Fsp3) is 0.292. The molecule has 1 atom stereocenters. The molecule has 1 amide bonds. The molecule has 0 aliphatic carbocycles. The van der Waals surface area contributed by atoms with Gasteiger partial charge in [0, 0.05) is 18.1 Å². The van der Waals surface area contributed by atoms with Crippen LogP contribution < -0.4 is 19.5 Å². The molecule has 3 rings (SSSR count). The van der Waals surface area contributed by atoms with Crippen LogP contribution in [0.15, 0.2) is 53.1 Å². The van der Waals surface area contributed by atoms with E-state index in [1.165, 1.54) is 21.3 Å². The van der Waals surface area contributed by atoms with Crippen molar-refractivity contribution >= 4 is 17.7 Å². The highest BCUT2D eigenvalue weighted by molar-refractivity contribution is 5.95. The summed E-state index contributed by atoms with van der Waals surface area (Å²) >= 11 is 0. The summed E-state index contributed by atoms with van der Waals surface area (Å²) in [5, 5.41) is 6.37. The van der Waals surface area contributed by atoms with Crippen molar-refractivity contribution in [2.75, 3.05) is 26.6 Å². The molecular formula is C24H26N2O7. The maximum absolute atomic E-state index is 12.9. The van der Waals surface area contributed by atoms with Crippen molar-refractivity contribution < 1.29 is 33.1 Å². The predicted octanol–water partition coefficient (Wildman–Crippen LogP) is 3.86. The number of aryl methyl sites for hydroxylation is 2. The molecule has 0 radical (unpaired) electrons. The molecule has 1 heterocycles. The van der Waals surface area contributed by atoms with Gasteiger partial charge in [0.2, 0.25) is 11.9 Å². The normalized spacial score (nSPS) is 11.4. The summed E-state index contributed by atoms with van der Waals surface area (Å²) in [6, 6.07) is 13.9. The average molecular weight is 454 g/mol. The number of methoxy groups -OCH3 is 3. The third-order valence-electron chi connectivity index (χ3n) is 4.81. The third-order valence-corrected chi connectivity index (χ3v) is 4.81. The quantitative estimate of drug-likeness (QED) is 0.460. The monoisotopic (exact) mass is 454 g/mol. The van der Waals surface area contributed by atoms with E-state index in [0.29, 0.717) is 35.0 Å². The Balaban J connectivity index is 1.71. The third kappa shape index (κ3) is 6.03. The molecule has 9 heteroatoms. The van der Waals surface area contributed by atoms with Crippen molar-refractivity contribution in [3.8, 4) is 17.2 Å². The van der Waals surface area contributed by atoms with Gasteiger partial charge in [-0.1, -0.05) is 35.5 Å². The number of esters is 1. The van der Waals surface area contributed by atoms with Crippen LogP contribution in [0.3, 0.4) is 0 Å². The number of ether oxygens (including phenoxy) is 4. The first-order chi connectivity index (χ1) is 15.9. The number of hydrogen-bond acceptors (Lipinski definition) is 8. The van der Waals surface area contributed by atoms with Gasteiger partial charge in [0.05, 0.1) is 21.3 Å². The van der Waals surface area contributed by atoms with E-state index in [9.17, 15) is 9.59 Å². The van der Waals surface area contributed by atoms with Gasteiger partial charge in [0.25, 0.3) is 5.91 Å². The molecule has 0 bridgehead atoms. The van der Waals surface area contributed by atoms with Gasteiger partial charge >= 0.3 is 5.97 Å². The molecule has 0 fully saturated rings. The van der Waals surface area contributed by atoms with Crippen LogP contribution in [0.4, 0.5) is 5.82 Å². The first-order valence-electron chi connectivity index (χ1n) is 10.2. The summed E-state index contributed by atoms with van der Waals surface area (Å²) in [5.41, 5.74) is 1.33. The zero-order valence-corrected chi connectivity index (χ0v) is 18.9. The van der Waals surface area contributed by atoms with Crippen LogP contribution in [0.5, 0.6) is 17.2 Å². The molecular weight excluding hydrogens is 428 g/mol. The van der Waals surface area contributed by atoms with Crippen LogP contribution in [0.1, 0.15) is 29.4 Å². The Morgan fingerprint density at radius 3 is 2.21 bits per heavy atom. The lowest BCUT2D eigenvalue weighted by Gasteiger charge is -2.18. The molecule has 33 heavy (non-hydrogen) atoms. The van der Waals surface area contributed by atoms with E-state index in [-0.39, 0.29) is 12.2 Å². The molecule has 0 saturated carbocycles. The van der Waals surface area contributed by atoms with Gasteiger partial charge in [-0.15, -0.1) is 0 Å². The van der Waals surface area contributed by atoms with E-state index in [1.54, 1.807) is 49.4 Å². The molecule has 1 unspecified atom stereocenters. The fourth-order valence-corrected chi connectivity index (χ4v) is 3.23. The highest BCUT2D eigenvalue weighted by atomic mass is 16.5. The number of carbonyl (C=O) groups is 2. The van der Waals surface area contributed by atoms with E-state index in [4.69, 9.17) is 23.5 Å². The minimum absolute atomic E-state index is 0.0400. The number of hydrogen-bond donors (Lipinski definition) is 1. The Kier molecular flexibility index (Phi) is 7.91. The summed E-state index contributed by atoms with van der Waals surface area (Å²) in [7, 11) is 4.57. The Bertz CT molecular complexity index is 1070. The van der Waals surface area contributed by atoms with Gasteiger partial charge in [-0.05, 0) is 31.0 Å². The molecule has 0 aliphatic rings. The Labute approximate surface area is 191 Å². The molecule has 1 aromatic heterocycles. The van der Waals surface area contributed by atoms with Gasteiger partial charge in [-0.2, -0.15) is 0 Å². The van der Waals surface area contributed by atoms with Gasteiger partial charge in [-0.3, -0.25) is 9.59 Å². The minimum Gasteiger partial charge on any atom is -0.493 e. The smallest absolute Gasteiger partial charge is 0.307 e. The van der Waals surface area contributed by atoms with Crippen LogP contribution in [0, 0.1) is 6.92 Å². The number of amides is 1. The number of aromatic nitrogens is 1. The first-order valence-corrected chi connectivity index (χ1v) is 10.2. The summed E-state index contributed by atoms with van der Waals surface area (Å²) < 4.78 is 26.6. The number of nitrogens with one attached hydrogen (secondary N) is 1. The Hall–Kier alpha value is -4.01. The van der Waals surface area contributed by atoms with Crippen LogP contribution in [-0.2, 0) is 20.7 Å². The second-order valence-electron chi connectivity index (χ2n) is 7.13. The molecule has 2 aromatic carbocycles. The number of rotatable bonds is 10. The summed E-state index contributed by atoms with van der Waals surface area (Å²) in [5.74, 6) is 1.17. The lowest BCUT2D eigenvalue weighted by molar-refractivity contribution is -0.154. The van der Waals surface area contributed by atoms with Crippen molar-refractivity contribution in [1.82, 2.24) is 5.16 Å². The standard InChI is InChI=1S/C24H26N2O7/c1-15-12-20(26-33-15)25-24(28)22(17-8-6-5-7-9-17)32-21(27)11-10-16-13-18(29-2)23(31-4)19(14-16)30-3/h5-9,12-14,22H,10-11H2,1-4H3,(H,25,26,28). The van der Waals surface area contributed by atoms with Crippen molar-refractivity contribution in [2.45, 2.75) is 25.9 Å². The van der Waals surface area contributed by atoms with Crippen molar-refractivity contribution in [3.05, 3.63) is 65.4 Å². The molecule has 0 spiro atoms. The molecule has 1 N–H and O–H groups in total. The highest BCUT2D eigenvalue weighted by Gasteiger charge is 2.26. The van der Waals surface area contributed by atoms with Crippen molar-refractivity contribution in [2.24, 2.45) is 0 Å². The summed E-state index contributed by atoms with van der Waals surface area (Å²) in [6.07, 6.45) is -0.755. The highest BCUT2D eigenvalue weighted by Crippen LogP contribution is 2.38. The maximum Gasteiger partial charge on any atom is 0.307 e. The van der Waals surface area contributed by atoms with E-state index >= 15 is 0 Å². The molecule has 0 saturated heterocycles. The van der Waals surface area contributed by atoms with Crippen molar-refractivity contribution in [3.63, 3.8) is 0 Å². The second kappa shape index (κ2) is 11.0. The van der Waals surface area contributed by atoms with Gasteiger partial charge < -0.3 is 28.8 Å². The molecule has 3 aromatic rings. The topological polar surface area (TPSA) is 109 Å². The lowest BCUT2D eigenvalue weighted by atomic mass is 10.1. The molecule has 174 valence electrons. The van der Waals surface area contributed by atoms with Crippen LogP contribution >= 0.6 is 0 Å². The SMILES string of the molecule is COc1cc(CCC(=O)OC(C(=O)Nc2cc(C)on2)c2ccccc2)cc(OC)c1OC. The largest absolute Gasteiger partial charge is 0.493 e. The number of carbonyl (C=O) groups excluding carboxylic acids is 2. The molecule has 0 aliphatic heterocycles. The second-order valence-corrected chi connectivity index (χ2v) is 7.13. The number of anilines is 1. The van der Waals surface area contributed by atoms with E-state index in [0.717, 1.165) is 5.56 Å². The van der Waals surface area contributed by atoms with Crippen LogP contribution in [0.2, 0.25) is 0 Å². The summed E-state index contributed by atoms with van der Waals surface area (Å²) in [6.45, 7) is 1.71. The fourth-order valence-electron chi connectivity index (χ4n) is 3.23. The van der Waals surface area contributed by atoms with Gasteiger partial charge in [-0.25, -0.2) is 0 Å². The molecule has 9 nitrogen and oxygen atoms in total. The van der Waals surface area contributed by atoms with E-state index in [1.807, 2.05) is 6.07 Å². The van der Waals surface area contributed by atoms with E-state index < -0.39 is 18.0 Å². The number of nitrogens with zero attached hydrogens (tertiary/aromatic N) is 1. The van der Waals surface area contributed by atoms with Gasteiger partial charge in [0.15, 0.2) is 17.3 Å². The Morgan fingerprint density at radius 1 is 1.00 bits per heavy atom. The predicted molar refractivity (Wildman–Crippen MR) is 120 cm³/mol. The Morgan fingerprint density at radius 2 is 1.67 bits per heavy atom. The zero-order chi connectivity index (χ0) is 23.8. The summed E-state index contributed by atoms with van der Waals surface area (Å²) in [4.78, 5) is 25.5. The lowest BCUT2D eigenvalue weighted by Crippen LogP contribution is -2.26. The number of benzene rings is 2. The van der Waals surface area contributed by atoms with Crippen LogP contribution in [-0.4, -0.2) is 38.4 Å². The van der Waals surface area contributed by atoms with E-state index in [2.05, 4.69) is 10.5 Å². The van der Waals surface area contributed by atoms with Crippen LogP contribution in [0.25, 0.3) is 0 Å². The zero-order valence-electron chi connectivity index (χ0n) is 18.9.